The average molecular weight is 234 g/mol. The third-order valence-corrected chi connectivity index (χ3v) is 0. The fourth-order valence-electron chi connectivity index (χ4n) is 0. The van der Waals surface area contributed by atoms with Crippen LogP contribution in [0.4, 0.5) is 0 Å². The van der Waals surface area contributed by atoms with Gasteiger partial charge in [-0.15, -0.1) is 0 Å². The second kappa shape index (κ2) is 8.70. The van der Waals surface area contributed by atoms with Crippen molar-refractivity contribution in [2.24, 2.45) is 0 Å². The molecule has 6 nitrogen and oxygen atoms in total. The summed E-state index contributed by atoms with van der Waals surface area (Å²) in [6, 6.07) is 0. The molecule has 0 saturated carbocycles. The predicted molar refractivity (Wildman–Crippen MR) is 15.6 cm³/mol. The van der Waals surface area contributed by atoms with Gasteiger partial charge in [0.2, 0.25) is 0 Å². The van der Waals surface area contributed by atoms with E-state index in [0.29, 0.717) is 0 Å². The summed E-state index contributed by atoms with van der Waals surface area (Å²) in [4.78, 5) is 0. The van der Waals surface area contributed by atoms with Gasteiger partial charge in [0.1, 0.15) is 0 Å². The van der Waals surface area contributed by atoms with Gasteiger partial charge >= 0.3 is 36.1 Å². The Morgan fingerprint density at radius 3 is 1.11 bits per heavy atom. The summed E-state index contributed by atoms with van der Waals surface area (Å²) < 4.78 is 48.6. The Balaban J connectivity index is -0.0000000800. The summed E-state index contributed by atoms with van der Waals surface area (Å²) in [7, 11) is -4.67. The van der Waals surface area contributed by atoms with Crippen LogP contribution in [0.15, 0.2) is 0 Å². The maximum absolute atomic E-state index is 8.74. The first-order chi connectivity index (χ1) is 3.41. The van der Waals surface area contributed by atoms with Crippen molar-refractivity contribution in [3.05, 3.63) is 0 Å². The van der Waals surface area contributed by atoms with Crippen LogP contribution >= 0.6 is 0 Å². The zero-order valence-corrected chi connectivity index (χ0v) is 7.27. The van der Waals surface area contributed by atoms with Crippen LogP contribution in [0.2, 0.25) is 0 Å². The molecule has 2 N–H and O–H groups in total. The average Bonchev–Trinajstić information content (AvgIpc) is 1.27. The van der Waals surface area contributed by atoms with Gasteiger partial charge in [0.25, 0.3) is 0 Å². The maximum atomic E-state index is 8.74. The van der Waals surface area contributed by atoms with Crippen molar-refractivity contribution >= 4 is 10.4 Å². The Hall–Kier alpha value is 0.704. The standard InChI is InChI=1S/Fe.H2O4S.2O.Ti/c;1-5(2,3)4;;;/h;(H2,1,2,3,4);;;. The minimum atomic E-state index is -4.67. The zero-order chi connectivity index (χ0) is 7.21. The Bertz CT molecular complexity index is 153. The molecule has 0 radical (unpaired) electrons. The molecule has 0 aliphatic rings. The van der Waals surface area contributed by atoms with Gasteiger partial charge in [0.05, 0.1) is 0 Å². The molecule has 0 unspecified atom stereocenters. The number of hydrogen-bond acceptors (Lipinski definition) is 4. The van der Waals surface area contributed by atoms with Crippen molar-refractivity contribution in [2.45, 2.75) is 0 Å². The molecule has 0 rings (SSSR count). The summed E-state index contributed by atoms with van der Waals surface area (Å²) >= 11 is -2.00. The van der Waals surface area contributed by atoms with Gasteiger partial charge in [-0.3, -0.25) is 9.11 Å². The van der Waals surface area contributed by atoms with Crippen LogP contribution in [0.5, 0.6) is 0 Å². The molecule has 0 fully saturated rings. The van der Waals surface area contributed by atoms with E-state index in [1.54, 1.807) is 0 Å². The third kappa shape index (κ3) is 790. The normalized spacial score (nSPS) is 7.33. The molecule has 0 amide bonds. The van der Waals surface area contributed by atoms with Crippen molar-refractivity contribution in [1.29, 1.82) is 0 Å². The van der Waals surface area contributed by atoms with Crippen LogP contribution in [0.25, 0.3) is 0 Å². The monoisotopic (exact) mass is 234 g/mol. The quantitative estimate of drug-likeness (QED) is 0.415. The van der Waals surface area contributed by atoms with Gasteiger partial charge < -0.3 is 0 Å². The molecule has 0 atom stereocenters. The van der Waals surface area contributed by atoms with E-state index in [-0.39, 0.29) is 17.1 Å². The predicted octanol–water partition coefficient (Wildman–Crippen LogP) is -0.895. The molecule has 9 heteroatoms. The first-order valence-electron chi connectivity index (χ1n) is 1.11. The summed E-state index contributed by atoms with van der Waals surface area (Å²) in [5.41, 5.74) is 0. The fourth-order valence-corrected chi connectivity index (χ4v) is 0. The van der Waals surface area contributed by atoms with E-state index < -0.39 is 29.5 Å². The second-order valence-electron chi connectivity index (χ2n) is 0.531. The van der Waals surface area contributed by atoms with Gasteiger partial charge in [-0.1, -0.05) is 0 Å². The van der Waals surface area contributed by atoms with Crippen LogP contribution in [0, 0.1) is 0 Å². The minimum absolute atomic E-state index is 0. The van der Waals surface area contributed by atoms with Crippen LogP contribution in [0.1, 0.15) is 0 Å². The molecule has 0 saturated heterocycles. The molecule has 0 aromatic carbocycles. The van der Waals surface area contributed by atoms with E-state index in [4.69, 9.17) is 24.2 Å². The van der Waals surface area contributed by atoms with E-state index in [2.05, 4.69) is 0 Å². The first kappa shape index (κ1) is 16.4. The first-order valence-corrected chi connectivity index (χ1v) is 3.78. The Kier molecular flexibility index (Phi) is 15.8. The molecule has 0 aliphatic heterocycles. The van der Waals surface area contributed by atoms with E-state index in [0.717, 1.165) is 0 Å². The van der Waals surface area contributed by atoms with Crippen molar-refractivity contribution in [3.63, 3.8) is 0 Å². The van der Waals surface area contributed by atoms with E-state index in [9.17, 15) is 0 Å². The summed E-state index contributed by atoms with van der Waals surface area (Å²) in [6.45, 7) is 0. The molecule has 0 aromatic rings. The van der Waals surface area contributed by atoms with Crippen LogP contribution in [-0.2, 0) is 53.2 Å². The van der Waals surface area contributed by atoms with Gasteiger partial charge in [-0.2, -0.15) is 8.42 Å². The van der Waals surface area contributed by atoms with Gasteiger partial charge in [0.15, 0.2) is 0 Å². The molecule has 0 aromatic heterocycles. The SMILES string of the molecule is O=S(=O)(O)O.[Fe].[O]=[Ti]=[O]. The molecule has 9 heavy (non-hydrogen) atoms. The molecular formula is H2FeO6STi. The second-order valence-corrected chi connectivity index (χ2v) is 1.69. The zero-order valence-electron chi connectivity index (χ0n) is 3.79. The molecular weight excluding hydrogens is 232 g/mol. The van der Waals surface area contributed by atoms with Crippen molar-refractivity contribution in [3.8, 4) is 0 Å². The van der Waals surface area contributed by atoms with Gasteiger partial charge in [0, 0.05) is 17.1 Å². The topological polar surface area (TPSA) is 109 Å². The van der Waals surface area contributed by atoms with Gasteiger partial charge in [-0.05, 0) is 0 Å². The van der Waals surface area contributed by atoms with E-state index >= 15 is 0 Å². The fraction of sp³-hybridized carbons (Fsp3) is 0. The molecule has 56 valence electrons. The molecule has 0 aliphatic carbocycles. The molecule has 0 heterocycles. The Morgan fingerprint density at radius 1 is 1.11 bits per heavy atom. The summed E-state index contributed by atoms with van der Waals surface area (Å²) in [5, 5.41) is 0. The summed E-state index contributed by atoms with van der Waals surface area (Å²) in [6.07, 6.45) is 0. The Labute approximate surface area is 70.6 Å². The number of rotatable bonds is 0. The Morgan fingerprint density at radius 2 is 1.11 bits per heavy atom. The van der Waals surface area contributed by atoms with Crippen LogP contribution in [0.3, 0.4) is 0 Å². The molecule has 0 bridgehead atoms. The van der Waals surface area contributed by atoms with E-state index in [1.165, 1.54) is 0 Å². The van der Waals surface area contributed by atoms with Crippen LogP contribution in [-0.4, -0.2) is 17.5 Å². The van der Waals surface area contributed by atoms with E-state index in [1.807, 2.05) is 0 Å². The van der Waals surface area contributed by atoms with Gasteiger partial charge in [-0.25, -0.2) is 0 Å². The van der Waals surface area contributed by atoms with Crippen molar-refractivity contribution in [2.75, 3.05) is 0 Å². The van der Waals surface area contributed by atoms with Crippen molar-refractivity contribution in [1.82, 2.24) is 0 Å². The van der Waals surface area contributed by atoms with Crippen molar-refractivity contribution < 1.29 is 60.3 Å². The van der Waals surface area contributed by atoms with Crippen LogP contribution < -0.4 is 0 Å². The third-order valence-electron chi connectivity index (χ3n) is 0. The number of hydrogen-bond donors (Lipinski definition) is 2. The molecule has 0 spiro atoms. The summed E-state index contributed by atoms with van der Waals surface area (Å²) in [5.74, 6) is 0.